The zero-order valence-electron chi connectivity index (χ0n) is 5.65. The highest BCUT2D eigenvalue weighted by atomic mass is 16.3. The van der Waals surface area contributed by atoms with E-state index in [1.807, 2.05) is 0 Å². The molecule has 11 heavy (non-hydrogen) atoms. The van der Waals surface area contributed by atoms with Crippen LogP contribution < -0.4 is 0 Å². The van der Waals surface area contributed by atoms with Gasteiger partial charge in [0.05, 0.1) is 5.56 Å². The maximum atomic E-state index is 10.4. The van der Waals surface area contributed by atoms with Crippen molar-refractivity contribution in [2.45, 2.75) is 0 Å². The third-order valence-corrected chi connectivity index (χ3v) is 1.53. The second-order valence-corrected chi connectivity index (χ2v) is 2.18. The van der Waals surface area contributed by atoms with Gasteiger partial charge in [0.15, 0.2) is 6.29 Å². The van der Waals surface area contributed by atoms with Gasteiger partial charge in [0.2, 0.25) is 0 Å². The lowest BCUT2D eigenvalue weighted by molar-refractivity contribution is 0.112. The highest BCUT2D eigenvalue weighted by Crippen LogP contribution is 2.17. The van der Waals surface area contributed by atoms with Crippen molar-refractivity contribution in [2.24, 2.45) is 0 Å². The van der Waals surface area contributed by atoms with Crippen molar-refractivity contribution in [3.63, 3.8) is 0 Å². The summed E-state index contributed by atoms with van der Waals surface area (Å²) in [4.78, 5) is 14.3. The normalized spacial score (nSPS) is 10.2. The Morgan fingerprint density at radius 2 is 2.45 bits per heavy atom. The second kappa shape index (κ2) is 2.20. The number of fused-ring (bicyclic) bond motifs is 1. The summed E-state index contributed by atoms with van der Waals surface area (Å²) in [5, 5.41) is 0.766. The molecule has 54 valence electrons. The maximum Gasteiger partial charge on any atom is 0.153 e. The van der Waals surface area contributed by atoms with Gasteiger partial charge in [-0.2, -0.15) is 0 Å². The summed E-state index contributed by atoms with van der Waals surface area (Å²) in [7, 11) is 0. The molecule has 0 N–H and O–H groups in total. The van der Waals surface area contributed by atoms with E-state index in [1.165, 1.54) is 6.26 Å². The molecule has 0 saturated carbocycles. The topological polar surface area (TPSA) is 43.1 Å². The Bertz CT molecular complexity index is 392. The van der Waals surface area contributed by atoms with Crippen molar-refractivity contribution in [3.8, 4) is 0 Å². The number of nitrogens with zero attached hydrogens (tertiary/aromatic N) is 1. The number of pyridine rings is 1. The van der Waals surface area contributed by atoms with Gasteiger partial charge < -0.3 is 4.42 Å². The van der Waals surface area contributed by atoms with E-state index in [9.17, 15) is 4.79 Å². The van der Waals surface area contributed by atoms with Crippen molar-refractivity contribution >= 4 is 17.3 Å². The van der Waals surface area contributed by atoms with Gasteiger partial charge in [0.1, 0.15) is 11.8 Å². The smallest absolute Gasteiger partial charge is 0.153 e. The van der Waals surface area contributed by atoms with Crippen LogP contribution in [0, 0.1) is 0 Å². The van der Waals surface area contributed by atoms with Crippen molar-refractivity contribution < 1.29 is 9.21 Å². The summed E-state index contributed by atoms with van der Waals surface area (Å²) >= 11 is 0. The number of aldehydes is 1. The van der Waals surface area contributed by atoms with Gasteiger partial charge >= 0.3 is 0 Å². The van der Waals surface area contributed by atoms with E-state index in [-0.39, 0.29) is 0 Å². The third-order valence-electron chi connectivity index (χ3n) is 1.53. The molecule has 2 rings (SSSR count). The summed E-state index contributed by atoms with van der Waals surface area (Å²) in [5.41, 5.74) is 1.25. The fourth-order valence-electron chi connectivity index (χ4n) is 0.983. The quantitative estimate of drug-likeness (QED) is 0.576. The monoisotopic (exact) mass is 147 g/mol. The number of hydrogen-bond acceptors (Lipinski definition) is 3. The highest BCUT2D eigenvalue weighted by Gasteiger charge is 2.02. The minimum atomic E-state index is 0.549. The second-order valence-electron chi connectivity index (χ2n) is 2.18. The van der Waals surface area contributed by atoms with Gasteiger partial charge in [-0.1, -0.05) is 0 Å². The van der Waals surface area contributed by atoms with Crippen LogP contribution in [0.2, 0.25) is 0 Å². The number of hydrogen-bond donors (Lipinski definition) is 0. The SMILES string of the molecule is O=Cc1coc2ccncc12. The summed E-state index contributed by atoms with van der Waals surface area (Å²) in [6.45, 7) is 0. The molecule has 0 aromatic carbocycles. The van der Waals surface area contributed by atoms with Crippen molar-refractivity contribution in [3.05, 3.63) is 30.3 Å². The molecule has 0 fully saturated rings. The third kappa shape index (κ3) is 0.816. The number of carbonyl (C=O) groups is 1. The molecule has 2 aromatic rings. The van der Waals surface area contributed by atoms with Gasteiger partial charge in [-0.3, -0.25) is 9.78 Å². The van der Waals surface area contributed by atoms with Crippen LogP contribution in [-0.4, -0.2) is 11.3 Å². The van der Waals surface area contributed by atoms with Crippen LogP contribution >= 0.6 is 0 Å². The van der Waals surface area contributed by atoms with E-state index in [1.54, 1.807) is 18.5 Å². The van der Waals surface area contributed by atoms with E-state index in [2.05, 4.69) is 4.98 Å². The highest BCUT2D eigenvalue weighted by molar-refractivity contribution is 5.95. The first-order valence-electron chi connectivity index (χ1n) is 3.18. The first-order chi connectivity index (χ1) is 5.42. The van der Waals surface area contributed by atoms with E-state index in [0.717, 1.165) is 11.7 Å². The Labute approximate surface area is 62.7 Å². The molecule has 0 atom stereocenters. The maximum absolute atomic E-state index is 10.4. The Morgan fingerprint density at radius 3 is 3.27 bits per heavy atom. The molecule has 0 bridgehead atoms. The molecule has 0 spiro atoms. The van der Waals surface area contributed by atoms with Gasteiger partial charge in [0, 0.05) is 17.8 Å². The van der Waals surface area contributed by atoms with Crippen molar-refractivity contribution in [2.75, 3.05) is 0 Å². The predicted octanol–water partition coefficient (Wildman–Crippen LogP) is 1.64. The molecule has 0 aliphatic carbocycles. The number of rotatable bonds is 1. The predicted molar refractivity (Wildman–Crippen MR) is 39.4 cm³/mol. The van der Waals surface area contributed by atoms with Gasteiger partial charge in [-0.05, 0) is 6.07 Å². The number of carbonyl (C=O) groups excluding carboxylic acids is 1. The van der Waals surface area contributed by atoms with Crippen LogP contribution in [-0.2, 0) is 0 Å². The average molecular weight is 147 g/mol. The Hall–Kier alpha value is -1.64. The minimum absolute atomic E-state index is 0.549. The molecule has 3 heteroatoms. The molecular weight excluding hydrogens is 142 g/mol. The standard InChI is InChI=1S/C8H5NO2/c10-4-6-5-11-8-1-2-9-3-7(6)8/h1-5H. The summed E-state index contributed by atoms with van der Waals surface area (Å²) in [5.74, 6) is 0. The Balaban J connectivity index is 2.86. The molecule has 0 aliphatic heterocycles. The molecule has 3 nitrogen and oxygen atoms in total. The summed E-state index contributed by atoms with van der Waals surface area (Å²) in [6, 6.07) is 1.72. The zero-order chi connectivity index (χ0) is 7.68. The first-order valence-corrected chi connectivity index (χ1v) is 3.18. The largest absolute Gasteiger partial charge is 0.463 e. The molecule has 2 aromatic heterocycles. The minimum Gasteiger partial charge on any atom is -0.463 e. The lowest BCUT2D eigenvalue weighted by atomic mass is 10.2. The fourth-order valence-corrected chi connectivity index (χ4v) is 0.983. The lowest BCUT2D eigenvalue weighted by Gasteiger charge is -1.83. The van der Waals surface area contributed by atoms with Crippen LogP contribution in [0.25, 0.3) is 11.0 Å². The fraction of sp³-hybridized carbons (Fsp3) is 0. The number of aromatic nitrogens is 1. The van der Waals surface area contributed by atoms with Crippen LogP contribution in [0.3, 0.4) is 0 Å². The van der Waals surface area contributed by atoms with Crippen molar-refractivity contribution in [1.82, 2.24) is 4.98 Å². The van der Waals surface area contributed by atoms with Gasteiger partial charge in [-0.15, -0.1) is 0 Å². The van der Waals surface area contributed by atoms with E-state index >= 15 is 0 Å². The Kier molecular flexibility index (Phi) is 1.22. The van der Waals surface area contributed by atoms with E-state index in [4.69, 9.17) is 4.42 Å². The first kappa shape index (κ1) is 6.09. The van der Waals surface area contributed by atoms with Gasteiger partial charge in [0.25, 0.3) is 0 Å². The van der Waals surface area contributed by atoms with Crippen LogP contribution in [0.15, 0.2) is 29.1 Å². The van der Waals surface area contributed by atoms with Crippen LogP contribution in [0.1, 0.15) is 10.4 Å². The zero-order valence-corrected chi connectivity index (χ0v) is 5.65. The van der Waals surface area contributed by atoms with Crippen LogP contribution in [0.4, 0.5) is 0 Å². The molecule has 0 amide bonds. The number of furan rings is 1. The lowest BCUT2D eigenvalue weighted by Crippen LogP contribution is -1.74. The Morgan fingerprint density at radius 1 is 1.55 bits per heavy atom. The molecular formula is C8H5NO2. The van der Waals surface area contributed by atoms with Crippen LogP contribution in [0.5, 0.6) is 0 Å². The molecule has 0 unspecified atom stereocenters. The van der Waals surface area contributed by atoms with E-state index in [0.29, 0.717) is 11.1 Å². The average Bonchev–Trinajstić information content (AvgIpc) is 2.47. The molecule has 0 saturated heterocycles. The summed E-state index contributed by atoms with van der Waals surface area (Å²) in [6.07, 6.45) is 5.43. The molecule has 2 heterocycles. The molecule has 0 radical (unpaired) electrons. The van der Waals surface area contributed by atoms with Crippen molar-refractivity contribution in [1.29, 1.82) is 0 Å². The van der Waals surface area contributed by atoms with Gasteiger partial charge in [-0.25, -0.2) is 0 Å². The van der Waals surface area contributed by atoms with E-state index < -0.39 is 0 Å². The summed E-state index contributed by atoms with van der Waals surface area (Å²) < 4.78 is 5.07. The molecule has 0 aliphatic rings.